The van der Waals surface area contributed by atoms with Crippen molar-refractivity contribution >= 4 is 11.7 Å². The van der Waals surface area contributed by atoms with E-state index >= 15 is 0 Å². The van der Waals surface area contributed by atoms with Crippen molar-refractivity contribution in [2.75, 3.05) is 18.4 Å². The number of hydrogen-bond donors (Lipinski definition) is 2. The van der Waals surface area contributed by atoms with Gasteiger partial charge in [-0.2, -0.15) is 10.2 Å². The van der Waals surface area contributed by atoms with Crippen LogP contribution < -0.4 is 10.6 Å². The highest BCUT2D eigenvalue weighted by Gasteiger charge is 2.17. The first-order valence-electron chi connectivity index (χ1n) is 7.18. The van der Waals surface area contributed by atoms with Crippen LogP contribution in [0.2, 0.25) is 0 Å². The van der Waals surface area contributed by atoms with E-state index in [2.05, 4.69) is 20.8 Å². The van der Waals surface area contributed by atoms with Gasteiger partial charge in [-0.25, -0.2) is 0 Å². The molecule has 0 unspecified atom stereocenters. The zero-order valence-electron chi connectivity index (χ0n) is 12.3. The van der Waals surface area contributed by atoms with Crippen LogP contribution in [-0.4, -0.2) is 38.6 Å². The smallest absolute Gasteiger partial charge is 0.247 e. The first kappa shape index (κ1) is 13.8. The molecule has 0 saturated carbocycles. The van der Waals surface area contributed by atoms with Gasteiger partial charge in [-0.05, 0) is 32.9 Å². The number of aryl methyl sites for hydroxylation is 2. The zero-order valence-corrected chi connectivity index (χ0v) is 12.3. The van der Waals surface area contributed by atoms with Crippen LogP contribution in [0.3, 0.4) is 0 Å². The van der Waals surface area contributed by atoms with Crippen molar-refractivity contribution in [1.82, 2.24) is 24.9 Å². The van der Waals surface area contributed by atoms with E-state index in [1.54, 1.807) is 4.68 Å². The molecule has 0 bridgehead atoms. The summed E-state index contributed by atoms with van der Waals surface area (Å²) in [6, 6.07) is 4.17. The predicted molar refractivity (Wildman–Crippen MR) is 79.1 cm³/mol. The van der Waals surface area contributed by atoms with Crippen molar-refractivity contribution in [3.8, 4) is 0 Å². The number of nitrogens with zero attached hydrogens (tertiary/aromatic N) is 4. The highest BCUT2D eigenvalue weighted by molar-refractivity contribution is 5.89. The molecule has 7 nitrogen and oxygen atoms in total. The average molecular weight is 288 g/mol. The molecule has 1 amide bonds. The lowest BCUT2D eigenvalue weighted by Gasteiger charge is -2.08. The predicted octanol–water partition coefficient (Wildman–Crippen LogP) is 0.870. The summed E-state index contributed by atoms with van der Waals surface area (Å²) in [5, 5.41) is 14.8. The van der Waals surface area contributed by atoms with Crippen LogP contribution in [0.15, 0.2) is 18.3 Å². The summed E-state index contributed by atoms with van der Waals surface area (Å²) in [5.74, 6) is 0.476. The number of carbonyl (C=O) groups excluding carboxylic acids is 1. The van der Waals surface area contributed by atoms with Gasteiger partial charge in [0.25, 0.3) is 0 Å². The van der Waals surface area contributed by atoms with Crippen LogP contribution >= 0.6 is 0 Å². The number of hydrogen-bond acceptors (Lipinski definition) is 4. The normalized spacial score (nSPS) is 18.1. The lowest BCUT2D eigenvalue weighted by molar-refractivity contribution is -0.117. The van der Waals surface area contributed by atoms with Crippen molar-refractivity contribution in [3.63, 3.8) is 0 Å². The van der Waals surface area contributed by atoms with Crippen LogP contribution in [0.5, 0.6) is 0 Å². The van der Waals surface area contributed by atoms with Gasteiger partial charge in [-0.1, -0.05) is 0 Å². The SMILES string of the molecule is Cc1cc(C)n(CC(=O)Nc2ccn([C@@H]3CCNC3)n2)n1. The summed E-state index contributed by atoms with van der Waals surface area (Å²) in [6.45, 7) is 6.01. The van der Waals surface area contributed by atoms with Crippen molar-refractivity contribution in [2.45, 2.75) is 32.9 Å². The fraction of sp³-hybridized carbons (Fsp3) is 0.500. The molecule has 0 radical (unpaired) electrons. The number of carbonyl (C=O) groups is 1. The molecule has 2 aromatic rings. The number of nitrogens with one attached hydrogen (secondary N) is 2. The zero-order chi connectivity index (χ0) is 14.8. The molecule has 1 aliphatic heterocycles. The molecule has 1 fully saturated rings. The summed E-state index contributed by atoms with van der Waals surface area (Å²) in [5.41, 5.74) is 1.89. The molecule has 112 valence electrons. The number of rotatable bonds is 4. The summed E-state index contributed by atoms with van der Waals surface area (Å²) < 4.78 is 3.61. The summed E-state index contributed by atoms with van der Waals surface area (Å²) in [6.07, 6.45) is 2.98. The Labute approximate surface area is 123 Å². The van der Waals surface area contributed by atoms with E-state index in [0.29, 0.717) is 11.9 Å². The quantitative estimate of drug-likeness (QED) is 0.875. The second-order valence-corrected chi connectivity index (χ2v) is 5.46. The van der Waals surface area contributed by atoms with E-state index in [1.807, 2.05) is 36.9 Å². The summed E-state index contributed by atoms with van der Waals surface area (Å²) in [4.78, 5) is 12.0. The number of anilines is 1. The highest BCUT2D eigenvalue weighted by Crippen LogP contribution is 2.15. The first-order chi connectivity index (χ1) is 10.1. The molecule has 0 spiro atoms. The largest absolute Gasteiger partial charge is 0.315 e. The standard InChI is InChI=1S/C14H20N6O/c1-10-7-11(2)20(17-10)9-14(21)16-13-4-6-19(18-13)12-3-5-15-8-12/h4,6-7,12,15H,3,5,8-9H2,1-2H3,(H,16,18,21)/t12-/m1/s1. The Morgan fingerprint density at radius 2 is 2.33 bits per heavy atom. The van der Waals surface area contributed by atoms with E-state index in [0.717, 1.165) is 30.9 Å². The molecule has 3 heterocycles. The Hall–Kier alpha value is -2.15. The third-order valence-corrected chi connectivity index (χ3v) is 3.68. The maximum atomic E-state index is 12.0. The van der Waals surface area contributed by atoms with Gasteiger partial charge in [0, 0.05) is 24.5 Å². The summed E-state index contributed by atoms with van der Waals surface area (Å²) >= 11 is 0. The lowest BCUT2D eigenvalue weighted by atomic mass is 10.3. The minimum atomic E-state index is -0.115. The number of amides is 1. The molecule has 21 heavy (non-hydrogen) atoms. The molecule has 0 aliphatic carbocycles. The maximum Gasteiger partial charge on any atom is 0.247 e. The van der Waals surface area contributed by atoms with Crippen LogP contribution in [0.4, 0.5) is 5.82 Å². The minimum absolute atomic E-state index is 0.115. The monoisotopic (exact) mass is 288 g/mol. The van der Waals surface area contributed by atoms with Crippen LogP contribution in [0.25, 0.3) is 0 Å². The van der Waals surface area contributed by atoms with Crippen LogP contribution in [-0.2, 0) is 11.3 Å². The van der Waals surface area contributed by atoms with Crippen molar-refractivity contribution < 1.29 is 4.79 Å². The van der Waals surface area contributed by atoms with E-state index in [4.69, 9.17) is 0 Å². The Kier molecular flexibility index (Phi) is 3.74. The van der Waals surface area contributed by atoms with E-state index in [9.17, 15) is 4.79 Å². The third kappa shape index (κ3) is 3.13. The first-order valence-corrected chi connectivity index (χ1v) is 7.18. The topological polar surface area (TPSA) is 76.8 Å². The van der Waals surface area contributed by atoms with Crippen LogP contribution in [0.1, 0.15) is 23.9 Å². The molecule has 1 saturated heterocycles. The van der Waals surface area contributed by atoms with Gasteiger partial charge < -0.3 is 10.6 Å². The van der Waals surface area contributed by atoms with Crippen molar-refractivity contribution in [1.29, 1.82) is 0 Å². The molecule has 1 aliphatic rings. The molecule has 2 aromatic heterocycles. The molecule has 2 N–H and O–H groups in total. The number of aromatic nitrogens is 4. The second kappa shape index (κ2) is 5.69. The Bertz CT molecular complexity index is 638. The van der Waals surface area contributed by atoms with E-state index in [1.165, 1.54) is 0 Å². The third-order valence-electron chi connectivity index (χ3n) is 3.68. The average Bonchev–Trinajstić information content (AvgIpc) is 3.11. The highest BCUT2D eigenvalue weighted by atomic mass is 16.2. The Morgan fingerprint density at radius 3 is 3.00 bits per heavy atom. The molecule has 7 heteroatoms. The summed E-state index contributed by atoms with van der Waals surface area (Å²) in [7, 11) is 0. The molecule has 3 rings (SSSR count). The van der Waals surface area contributed by atoms with Gasteiger partial charge in [0.05, 0.1) is 11.7 Å². The van der Waals surface area contributed by atoms with Crippen LogP contribution in [0, 0.1) is 13.8 Å². The van der Waals surface area contributed by atoms with Gasteiger partial charge in [0.1, 0.15) is 6.54 Å². The van der Waals surface area contributed by atoms with Crippen molar-refractivity contribution in [2.24, 2.45) is 0 Å². The van der Waals surface area contributed by atoms with Gasteiger partial charge >= 0.3 is 0 Å². The van der Waals surface area contributed by atoms with Gasteiger partial charge in [0.2, 0.25) is 5.91 Å². The van der Waals surface area contributed by atoms with Crippen molar-refractivity contribution in [3.05, 3.63) is 29.7 Å². The lowest BCUT2D eigenvalue weighted by Crippen LogP contribution is -2.21. The molecular formula is C14H20N6O. The van der Waals surface area contributed by atoms with Gasteiger partial charge in [-0.15, -0.1) is 0 Å². The Morgan fingerprint density at radius 1 is 1.48 bits per heavy atom. The van der Waals surface area contributed by atoms with E-state index < -0.39 is 0 Å². The van der Waals surface area contributed by atoms with E-state index in [-0.39, 0.29) is 12.5 Å². The molecular weight excluding hydrogens is 268 g/mol. The minimum Gasteiger partial charge on any atom is -0.315 e. The maximum absolute atomic E-state index is 12.0. The van der Waals surface area contributed by atoms with Gasteiger partial charge in [-0.3, -0.25) is 14.2 Å². The van der Waals surface area contributed by atoms with Gasteiger partial charge in [0.15, 0.2) is 5.82 Å². The molecule has 1 atom stereocenters. The fourth-order valence-electron chi connectivity index (χ4n) is 2.63. The second-order valence-electron chi connectivity index (χ2n) is 5.46. The Balaban J connectivity index is 1.61. The molecule has 0 aromatic carbocycles. The fourth-order valence-corrected chi connectivity index (χ4v) is 2.63.